The average molecular weight is 385 g/mol. The van der Waals surface area contributed by atoms with E-state index >= 15 is 0 Å². The van der Waals surface area contributed by atoms with Crippen LogP contribution in [0.25, 0.3) is 11.5 Å². The molecule has 0 unspecified atom stereocenters. The van der Waals surface area contributed by atoms with Gasteiger partial charge in [-0.1, -0.05) is 18.7 Å². The molecule has 0 amide bonds. The van der Waals surface area contributed by atoms with Crippen molar-refractivity contribution in [2.75, 3.05) is 12.9 Å². The molecule has 0 saturated heterocycles. The van der Waals surface area contributed by atoms with E-state index in [1.54, 1.807) is 7.11 Å². The van der Waals surface area contributed by atoms with Crippen LogP contribution >= 0.6 is 11.8 Å². The van der Waals surface area contributed by atoms with Crippen LogP contribution in [0.3, 0.4) is 0 Å². The zero-order valence-electron chi connectivity index (χ0n) is 16.0. The van der Waals surface area contributed by atoms with Crippen molar-refractivity contribution in [1.82, 2.24) is 14.8 Å². The average Bonchev–Trinajstić information content (AvgIpc) is 3.26. The molecule has 0 atom stereocenters. The van der Waals surface area contributed by atoms with Crippen molar-refractivity contribution in [1.29, 1.82) is 0 Å². The number of carbonyl (C=O) groups is 1. The van der Waals surface area contributed by atoms with E-state index in [4.69, 9.17) is 9.15 Å². The van der Waals surface area contributed by atoms with Gasteiger partial charge in [-0.15, -0.1) is 10.2 Å². The van der Waals surface area contributed by atoms with Crippen LogP contribution in [-0.2, 0) is 6.54 Å². The normalized spacial score (nSPS) is 11.0. The Morgan fingerprint density at radius 3 is 2.63 bits per heavy atom. The van der Waals surface area contributed by atoms with Crippen molar-refractivity contribution in [3.05, 3.63) is 47.3 Å². The fourth-order valence-corrected chi connectivity index (χ4v) is 3.62. The second-order valence-electron chi connectivity index (χ2n) is 6.25. The summed E-state index contributed by atoms with van der Waals surface area (Å²) in [6.07, 6.45) is 1.04. The maximum atomic E-state index is 12.6. The summed E-state index contributed by atoms with van der Waals surface area (Å²) in [6, 6.07) is 9.34. The van der Waals surface area contributed by atoms with E-state index in [9.17, 15) is 4.79 Å². The van der Waals surface area contributed by atoms with Crippen LogP contribution in [0.5, 0.6) is 5.75 Å². The first-order chi connectivity index (χ1) is 13.0. The van der Waals surface area contributed by atoms with Crippen LogP contribution in [0.1, 0.15) is 35.1 Å². The van der Waals surface area contributed by atoms with Gasteiger partial charge in [-0.3, -0.25) is 4.79 Å². The fraction of sp³-hybridized carbons (Fsp3) is 0.350. The Kier molecular flexibility index (Phi) is 6.01. The Morgan fingerprint density at radius 1 is 1.22 bits per heavy atom. The molecule has 27 heavy (non-hydrogen) atoms. The number of rotatable bonds is 8. The minimum Gasteiger partial charge on any atom is -0.497 e. The van der Waals surface area contributed by atoms with Gasteiger partial charge in [0.25, 0.3) is 5.22 Å². The summed E-state index contributed by atoms with van der Waals surface area (Å²) in [7, 11) is 1.62. The van der Waals surface area contributed by atoms with Gasteiger partial charge in [-0.25, -0.2) is 0 Å². The number of Topliss-reactive ketones (excluding diaryl/α,β-unsaturated/α-hetero) is 1. The highest BCUT2D eigenvalue weighted by molar-refractivity contribution is 7.99. The van der Waals surface area contributed by atoms with Crippen LogP contribution in [-0.4, -0.2) is 33.4 Å². The summed E-state index contributed by atoms with van der Waals surface area (Å²) in [6.45, 7) is 7.08. The van der Waals surface area contributed by atoms with Crippen molar-refractivity contribution < 1.29 is 13.9 Å². The molecular weight excluding hydrogens is 362 g/mol. The Labute approximate surface area is 162 Å². The van der Waals surface area contributed by atoms with E-state index in [1.807, 2.05) is 44.2 Å². The lowest BCUT2D eigenvalue weighted by atomic mass is 10.2. The topological polar surface area (TPSA) is 70.2 Å². The number of aromatic nitrogens is 3. The molecule has 0 spiro atoms. The smallest absolute Gasteiger partial charge is 0.277 e. The molecule has 0 aliphatic heterocycles. The number of hydrogen-bond acceptors (Lipinski definition) is 6. The molecule has 3 rings (SSSR count). The minimum absolute atomic E-state index is 0.0691. The second-order valence-corrected chi connectivity index (χ2v) is 7.18. The molecule has 0 aliphatic carbocycles. The van der Waals surface area contributed by atoms with Gasteiger partial charge in [-0.05, 0) is 50.6 Å². The molecule has 0 N–H and O–H groups in total. The van der Waals surface area contributed by atoms with Crippen LogP contribution in [0.2, 0.25) is 0 Å². The van der Waals surface area contributed by atoms with Crippen molar-refractivity contribution in [3.8, 4) is 17.2 Å². The number of ether oxygens (including phenoxy) is 1. The molecule has 142 valence electrons. The summed E-state index contributed by atoms with van der Waals surface area (Å²) < 4.78 is 13.0. The Hall–Kier alpha value is -2.54. The number of methoxy groups -OCH3 is 1. The number of benzene rings is 1. The summed E-state index contributed by atoms with van der Waals surface area (Å²) in [5.41, 5.74) is 3.71. The van der Waals surface area contributed by atoms with Gasteiger partial charge >= 0.3 is 0 Å². The van der Waals surface area contributed by atoms with Gasteiger partial charge in [0.2, 0.25) is 5.89 Å². The predicted molar refractivity (Wildman–Crippen MR) is 106 cm³/mol. The third-order valence-corrected chi connectivity index (χ3v) is 5.21. The van der Waals surface area contributed by atoms with Crippen LogP contribution < -0.4 is 4.74 Å². The molecular formula is C20H23N3O3S. The number of ketones is 1. The predicted octanol–water partition coefficient (Wildman–Crippen LogP) is 4.55. The van der Waals surface area contributed by atoms with Gasteiger partial charge in [0, 0.05) is 29.1 Å². The molecule has 0 bridgehead atoms. The molecule has 3 aromatic rings. The number of nitrogens with zero attached hydrogens (tertiary/aromatic N) is 3. The maximum Gasteiger partial charge on any atom is 0.277 e. The van der Waals surface area contributed by atoms with E-state index in [2.05, 4.69) is 21.7 Å². The zero-order chi connectivity index (χ0) is 19.4. The third kappa shape index (κ3) is 4.24. The van der Waals surface area contributed by atoms with Gasteiger partial charge in [0.1, 0.15) is 5.75 Å². The summed E-state index contributed by atoms with van der Waals surface area (Å²) in [5.74, 6) is 1.52. The lowest BCUT2D eigenvalue weighted by Gasteiger charge is -2.07. The number of carbonyl (C=O) groups excluding carboxylic acids is 1. The van der Waals surface area contributed by atoms with Crippen molar-refractivity contribution in [2.24, 2.45) is 0 Å². The van der Waals surface area contributed by atoms with Crippen molar-refractivity contribution >= 4 is 17.5 Å². The molecule has 0 fully saturated rings. The molecule has 0 saturated carbocycles. The summed E-state index contributed by atoms with van der Waals surface area (Å²) in [5, 5.41) is 8.48. The van der Waals surface area contributed by atoms with Crippen LogP contribution in [0, 0.1) is 13.8 Å². The Morgan fingerprint density at radius 2 is 1.96 bits per heavy atom. The maximum absolute atomic E-state index is 12.6. The van der Waals surface area contributed by atoms with Gasteiger partial charge < -0.3 is 13.7 Å². The molecule has 7 heteroatoms. The highest BCUT2D eigenvalue weighted by atomic mass is 32.2. The van der Waals surface area contributed by atoms with Gasteiger partial charge in [0.15, 0.2) is 5.78 Å². The molecule has 2 aromatic heterocycles. The second kappa shape index (κ2) is 8.43. The molecule has 0 radical (unpaired) electrons. The SMILES string of the molecule is CCCn1c(C)cc(C(=O)CSc2nnc(-c3ccc(OC)cc3)o2)c1C. The van der Waals surface area contributed by atoms with Gasteiger partial charge in [-0.2, -0.15) is 0 Å². The van der Waals surface area contributed by atoms with E-state index in [-0.39, 0.29) is 11.5 Å². The minimum atomic E-state index is 0.0691. The molecule has 6 nitrogen and oxygen atoms in total. The standard InChI is InChI=1S/C20H23N3O3S/c1-5-10-23-13(2)11-17(14(23)3)18(24)12-27-20-22-21-19(26-20)15-6-8-16(25-4)9-7-15/h6-9,11H,5,10,12H2,1-4H3. The zero-order valence-corrected chi connectivity index (χ0v) is 16.8. The first kappa shape index (κ1) is 19.2. The van der Waals surface area contributed by atoms with E-state index in [1.165, 1.54) is 11.8 Å². The van der Waals surface area contributed by atoms with Crippen molar-refractivity contribution in [3.63, 3.8) is 0 Å². The van der Waals surface area contributed by atoms with Gasteiger partial charge in [0.05, 0.1) is 12.9 Å². The highest BCUT2D eigenvalue weighted by Crippen LogP contribution is 2.26. The first-order valence-electron chi connectivity index (χ1n) is 8.84. The van der Waals surface area contributed by atoms with E-state index in [0.29, 0.717) is 11.1 Å². The monoisotopic (exact) mass is 385 g/mol. The Bertz CT molecular complexity index is 929. The third-order valence-electron chi connectivity index (χ3n) is 4.39. The van der Waals surface area contributed by atoms with Crippen molar-refractivity contribution in [2.45, 2.75) is 39.0 Å². The molecule has 0 aliphatic rings. The van der Waals surface area contributed by atoms with Crippen LogP contribution in [0.4, 0.5) is 0 Å². The largest absolute Gasteiger partial charge is 0.497 e. The van der Waals surface area contributed by atoms with E-state index in [0.717, 1.165) is 41.2 Å². The number of thioether (sulfide) groups is 1. The number of hydrogen-bond donors (Lipinski definition) is 0. The first-order valence-corrected chi connectivity index (χ1v) is 9.82. The lowest BCUT2D eigenvalue weighted by Crippen LogP contribution is -2.06. The van der Waals surface area contributed by atoms with Crippen LogP contribution in [0.15, 0.2) is 40.0 Å². The fourth-order valence-electron chi connectivity index (χ4n) is 2.97. The summed E-state index contributed by atoms with van der Waals surface area (Å²) >= 11 is 1.26. The highest BCUT2D eigenvalue weighted by Gasteiger charge is 2.17. The lowest BCUT2D eigenvalue weighted by molar-refractivity contribution is 0.102. The quantitative estimate of drug-likeness (QED) is 0.418. The summed E-state index contributed by atoms with van der Waals surface area (Å²) in [4.78, 5) is 12.6. The Balaban J connectivity index is 1.66. The van der Waals surface area contributed by atoms with E-state index < -0.39 is 0 Å². The number of aryl methyl sites for hydroxylation is 1. The molecule has 1 aromatic carbocycles. The molecule has 2 heterocycles.